The van der Waals surface area contributed by atoms with Gasteiger partial charge in [0.15, 0.2) is 0 Å². The molecule has 0 aromatic heterocycles. The Morgan fingerprint density at radius 3 is 1.83 bits per heavy atom. The zero-order valence-corrected chi connectivity index (χ0v) is 29.9. The van der Waals surface area contributed by atoms with E-state index in [0.29, 0.717) is 0 Å². The van der Waals surface area contributed by atoms with Crippen molar-refractivity contribution in [1.29, 1.82) is 0 Å². The van der Waals surface area contributed by atoms with Crippen molar-refractivity contribution in [3.8, 4) is 11.1 Å². The Labute approximate surface area is 303 Å². The second kappa shape index (κ2) is 10.5. The minimum atomic E-state index is -0.451. The highest BCUT2D eigenvalue weighted by Gasteiger charge is 2.52. The molecular formula is C49H37BO2. The first kappa shape index (κ1) is 30.2. The van der Waals surface area contributed by atoms with E-state index in [1.807, 2.05) is 0 Å². The van der Waals surface area contributed by atoms with Crippen LogP contribution < -0.4 is 5.46 Å². The van der Waals surface area contributed by atoms with E-state index in [4.69, 9.17) is 9.31 Å². The molecule has 1 aliphatic carbocycles. The van der Waals surface area contributed by atoms with Gasteiger partial charge >= 0.3 is 7.12 Å². The lowest BCUT2D eigenvalue weighted by atomic mass is 9.75. The summed E-state index contributed by atoms with van der Waals surface area (Å²) in [6, 6.07) is 40.9. The lowest BCUT2D eigenvalue weighted by molar-refractivity contribution is 0.00578. The van der Waals surface area contributed by atoms with E-state index in [9.17, 15) is 0 Å². The molecule has 1 heterocycles. The molecule has 1 aliphatic heterocycles. The van der Waals surface area contributed by atoms with Crippen molar-refractivity contribution in [3.05, 3.63) is 145 Å². The van der Waals surface area contributed by atoms with Gasteiger partial charge in [-0.05, 0) is 143 Å². The summed E-state index contributed by atoms with van der Waals surface area (Å²) >= 11 is 0. The molecule has 9 aromatic rings. The van der Waals surface area contributed by atoms with Crippen LogP contribution in [0.15, 0.2) is 140 Å². The second-order valence-electron chi connectivity index (χ2n) is 15.7. The molecule has 0 N–H and O–H groups in total. The number of hydrogen-bond donors (Lipinski definition) is 0. The first-order valence-electron chi connectivity index (χ1n) is 18.5. The summed E-state index contributed by atoms with van der Waals surface area (Å²) < 4.78 is 13.4. The Morgan fingerprint density at radius 1 is 0.462 bits per heavy atom. The van der Waals surface area contributed by atoms with Gasteiger partial charge in [0.25, 0.3) is 0 Å². The molecule has 248 valence electrons. The first-order valence-corrected chi connectivity index (χ1v) is 18.5. The van der Waals surface area contributed by atoms with Gasteiger partial charge in [-0.15, -0.1) is 0 Å². The molecule has 0 atom stereocenters. The van der Waals surface area contributed by atoms with Crippen LogP contribution in [0.3, 0.4) is 0 Å². The van der Waals surface area contributed by atoms with Crippen molar-refractivity contribution in [2.75, 3.05) is 0 Å². The number of rotatable bonds is 3. The summed E-state index contributed by atoms with van der Waals surface area (Å²) in [5.74, 6) is 0. The van der Waals surface area contributed by atoms with E-state index in [2.05, 4.69) is 167 Å². The molecule has 2 aliphatic rings. The van der Waals surface area contributed by atoms with Crippen molar-refractivity contribution in [1.82, 2.24) is 0 Å². The number of allylic oxidation sites excluding steroid dienone is 6. The average molecular weight is 669 g/mol. The second-order valence-corrected chi connectivity index (χ2v) is 15.7. The molecule has 3 heteroatoms. The Bertz CT molecular complexity index is 3020. The van der Waals surface area contributed by atoms with Gasteiger partial charge in [0.2, 0.25) is 0 Å². The predicted molar refractivity (Wildman–Crippen MR) is 223 cm³/mol. The van der Waals surface area contributed by atoms with Crippen molar-refractivity contribution in [2.24, 2.45) is 0 Å². The summed E-state index contributed by atoms with van der Waals surface area (Å²) in [7, 11) is -0.451. The third-order valence-corrected chi connectivity index (χ3v) is 12.4. The summed E-state index contributed by atoms with van der Waals surface area (Å²) in [6.45, 7) is 8.53. The third-order valence-electron chi connectivity index (χ3n) is 12.4. The summed E-state index contributed by atoms with van der Waals surface area (Å²) in [6.07, 6.45) is 12.0. The van der Waals surface area contributed by atoms with Crippen LogP contribution in [0.1, 0.15) is 39.7 Å². The molecule has 1 saturated heterocycles. The van der Waals surface area contributed by atoms with Crippen LogP contribution in [0.25, 0.3) is 92.1 Å². The van der Waals surface area contributed by atoms with E-state index in [1.54, 1.807) is 0 Å². The highest BCUT2D eigenvalue weighted by Crippen LogP contribution is 2.54. The highest BCUT2D eigenvalue weighted by atomic mass is 16.7. The van der Waals surface area contributed by atoms with Gasteiger partial charge in [0.05, 0.1) is 11.2 Å². The average Bonchev–Trinajstić information content (AvgIpc) is 3.61. The monoisotopic (exact) mass is 668 g/mol. The molecule has 0 spiro atoms. The Kier molecular flexibility index (Phi) is 6.12. The van der Waals surface area contributed by atoms with Gasteiger partial charge in [-0.1, -0.05) is 134 Å². The maximum absolute atomic E-state index is 6.69. The van der Waals surface area contributed by atoms with Crippen LogP contribution in [-0.4, -0.2) is 18.3 Å². The van der Waals surface area contributed by atoms with Gasteiger partial charge < -0.3 is 9.31 Å². The molecule has 0 saturated carbocycles. The normalized spacial score (nSPS) is 17.2. The Morgan fingerprint density at radius 2 is 1.06 bits per heavy atom. The Hall–Kier alpha value is -5.48. The number of hydrogen-bond acceptors (Lipinski definition) is 2. The molecule has 11 rings (SSSR count). The highest BCUT2D eigenvalue weighted by molar-refractivity contribution is 6.66. The zero-order chi connectivity index (χ0) is 34.9. The van der Waals surface area contributed by atoms with Crippen LogP contribution >= 0.6 is 0 Å². The van der Waals surface area contributed by atoms with Crippen LogP contribution in [0.5, 0.6) is 0 Å². The quantitative estimate of drug-likeness (QED) is 0.138. The molecule has 0 radical (unpaired) electrons. The minimum Gasteiger partial charge on any atom is -0.399 e. The van der Waals surface area contributed by atoms with Crippen LogP contribution in [0, 0.1) is 0 Å². The van der Waals surface area contributed by atoms with Crippen molar-refractivity contribution in [3.63, 3.8) is 0 Å². The molecule has 0 bridgehead atoms. The fraction of sp³-hybridized carbons (Fsp3) is 0.143. The summed E-state index contributed by atoms with van der Waals surface area (Å²) in [4.78, 5) is 0. The van der Waals surface area contributed by atoms with Crippen molar-refractivity contribution >= 4 is 93.6 Å². The van der Waals surface area contributed by atoms with Crippen molar-refractivity contribution in [2.45, 2.75) is 45.3 Å². The van der Waals surface area contributed by atoms with E-state index >= 15 is 0 Å². The third kappa shape index (κ3) is 3.93. The SMILES string of the molecule is CC1(C)OB(c2ccc3c4c(-c5ccccc5)c5c(cc6c7ccccc7c7cccc5c76)c(C5=CC=CC=CC5)c4c4cccc2c43)OC1(C)C. The lowest BCUT2D eigenvalue weighted by Crippen LogP contribution is -2.41. The first-order chi connectivity index (χ1) is 25.3. The van der Waals surface area contributed by atoms with Crippen LogP contribution in [0.2, 0.25) is 0 Å². The van der Waals surface area contributed by atoms with Crippen molar-refractivity contribution < 1.29 is 9.31 Å². The van der Waals surface area contributed by atoms with Gasteiger partial charge in [-0.25, -0.2) is 0 Å². The minimum absolute atomic E-state index is 0.428. The molecule has 0 amide bonds. The topological polar surface area (TPSA) is 18.5 Å². The number of fused-ring (bicyclic) bond motifs is 8. The Balaban J connectivity index is 1.39. The zero-order valence-electron chi connectivity index (χ0n) is 29.9. The van der Waals surface area contributed by atoms with Gasteiger partial charge in [0, 0.05) is 0 Å². The molecular weight excluding hydrogens is 631 g/mol. The molecule has 0 unspecified atom stereocenters. The lowest BCUT2D eigenvalue weighted by Gasteiger charge is -2.32. The smallest absolute Gasteiger partial charge is 0.399 e. The molecule has 1 fully saturated rings. The summed E-state index contributed by atoms with van der Waals surface area (Å²) in [5.41, 5.74) is 5.42. The fourth-order valence-corrected chi connectivity index (χ4v) is 9.40. The molecule has 52 heavy (non-hydrogen) atoms. The van der Waals surface area contributed by atoms with Crippen LogP contribution in [-0.2, 0) is 9.31 Å². The summed E-state index contributed by atoms with van der Waals surface area (Å²) in [5, 5.41) is 18.2. The van der Waals surface area contributed by atoms with Gasteiger partial charge in [-0.3, -0.25) is 0 Å². The van der Waals surface area contributed by atoms with E-state index in [1.165, 1.54) is 97.7 Å². The van der Waals surface area contributed by atoms with Gasteiger partial charge in [-0.2, -0.15) is 0 Å². The largest absolute Gasteiger partial charge is 0.495 e. The standard InChI is InChI=1S/C49H37BO2/c1-48(2)49(3,4)52-50(51-48)40-27-26-37-44-34(40)23-15-25-36(44)46-41(29-16-8-5-6-9-17-29)39-28-38-32-21-13-12-20-31(32)33-22-14-24-35(43(33)38)45(39)42(47(37)46)30-18-10-7-11-19-30/h5-16,18-28H,17H2,1-4H3. The molecule has 9 aromatic carbocycles. The predicted octanol–water partition coefficient (Wildman–Crippen LogP) is 12.5. The maximum Gasteiger partial charge on any atom is 0.495 e. The van der Waals surface area contributed by atoms with E-state index in [-0.39, 0.29) is 0 Å². The van der Waals surface area contributed by atoms with E-state index in [0.717, 1.165) is 11.9 Å². The fourth-order valence-electron chi connectivity index (χ4n) is 9.40. The molecule has 2 nitrogen and oxygen atoms in total. The van der Waals surface area contributed by atoms with Gasteiger partial charge in [0.1, 0.15) is 0 Å². The maximum atomic E-state index is 6.69. The van der Waals surface area contributed by atoms with E-state index < -0.39 is 18.3 Å². The number of benzene rings is 7. The van der Waals surface area contributed by atoms with Crippen LogP contribution in [0.4, 0.5) is 0 Å².